The van der Waals surface area contributed by atoms with Crippen LogP contribution in [0.3, 0.4) is 0 Å². The van der Waals surface area contributed by atoms with Gasteiger partial charge in [0, 0.05) is 21.3 Å². The summed E-state index contributed by atoms with van der Waals surface area (Å²) in [5.74, 6) is -1.07. The van der Waals surface area contributed by atoms with Crippen LogP contribution in [0.2, 0.25) is 0 Å². The Balaban J connectivity index is 4.40. The van der Waals surface area contributed by atoms with Crippen molar-refractivity contribution in [2.75, 3.05) is 27.9 Å². The van der Waals surface area contributed by atoms with E-state index in [1.165, 1.54) is 0 Å². The van der Waals surface area contributed by atoms with Crippen LogP contribution in [0.1, 0.15) is 33.1 Å². The van der Waals surface area contributed by atoms with Crippen molar-refractivity contribution in [1.29, 1.82) is 0 Å². The van der Waals surface area contributed by atoms with Crippen LogP contribution in [0.5, 0.6) is 0 Å². The second-order valence-electron chi connectivity index (χ2n) is 3.35. The quantitative estimate of drug-likeness (QED) is 0.441. The van der Waals surface area contributed by atoms with Crippen LogP contribution >= 0.6 is 0 Å². The van der Waals surface area contributed by atoms with Gasteiger partial charge < -0.3 is 18.9 Å². The lowest BCUT2D eigenvalue weighted by atomic mass is 10.2. The fourth-order valence-electron chi connectivity index (χ4n) is 1.48. The third kappa shape index (κ3) is 4.07. The van der Waals surface area contributed by atoms with E-state index in [1.807, 2.05) is 6.92 Å². The molecular weight excluding hydrogens is 196 g/mol. The van der Waals surface area contributed by atoms with Crippen LogP contribution in [0.15, 0.2) is 0 Å². The average molecular weight is 220 g/mol. The first-order chi connectivity index (χ1) is 7.20. The van der Waals surface area contributed by atoms with Gasteiger partial charge in [0.25, 0.3) is 0 Å². The molecule has 0 aromatic heterocycles. The van der Waals surface area contributed by atoms with E-state index in [2.05, 4.69) is 6.92 Å². The van der Waals surface area contributed by atoms with Crippen molar-refractivity contribution in [1.82, 2.24) is 0 Å². The van der Waals surface area contributed by atoms with Crippen molar-refractivity contribution in [2.24, 2.45) is 0 Å². The largest absolute Gasteiger partial charge is 0.373 e. The molecule has 0 aromatic rings. The van der Waals surface area contributed by atoms with E-state index < -0.39 is 5.97 Å². The maximum atomic E-state index is 5.64. The summed E-state index contributed by atoms with van der Waals surface area (Å²) in [4.78, 5) is 0. The van der Waals surface area contributed by atoms with Crippen LogP contribution in [0.25, 0.3) is 0 Å². The maximum Gasteiger partial charge on any atom is 0.310 e. The molecule has 0 aromatic carbocycles. The highest BCUT2D eigenvalue weighted by molar-refractivity contribution is 4.69. The van der Waals surface area contributed by atoms with Crippen molar-refractivity contribution in [3.8, 4) is 0 Å². The van der Waals surface area contributed by atoms with Crippen LogP contribution in [-0.2, 0) is 18.9 Å². The van der Waals surface area contributed by atoms with E-state index in [1.54, 1.807) is 21.3 Å². The van der Waals surface area contributed by atoms with E-state index >= 15 is 0 Å². The lowest BCUT2D eigenvalue weighted by Crippen LogP contribution is -2.49. The summed E-state index contributed by atoms with van der Waals surface area (Å²) in [6, 6.07) is 0. The molecule has 0 aliphatic heterocycles. The number of hydrogen-bond donors (Lipinski definition) is 0. The van der Waals surface area contributed by atoms with Crippen LogP contribution in [0, 0.1) is 0 Å². The molecule has 0 aliphatic carbocycles. The fourth-order valence-corrected chi connectivity index (χ4v) is 1.48. The summed E-state index contributed by atoms with van der Waals surface area (Å²) in [6.07, 6.45) is 2.61. The van der Waals surface area contributed by atoms with Gasteiger partial charge in [0.05, 0.1) is 6.61 Å². The van der Waals surface area contributed by atoms with Gasteiger partial charge in [-0.2, -0.15) is 0 Å². The van der Waals surface area contributed by atoms with Gasteiger partial charge in [-0.25, -0.2) is 0 Å². The molecule has 0 saturated carbocycles. The van der Waals surface area contributed by atoms with Crippen molar-refractivity contribution in [2.45, 2.75) is 45.2 Å². The highest BCUT2D eigenvalue weighted by atomic mass is 16.9. The lowest BCUT2D eigenvalue weighted by Gasteiger charge is -2.35. The molecule has 0 amide bonds. The monoisotopic (exact) mass is 220 g/mol. The van der Waals surface area contributed by atoms with E-state index in [9.17, 15) is 0 Å². The van der Waals surface area contributed by atoms with Gasteiger partial charge in [-0.3, -0.25) is 0 Å². The predicted octanol–water partition coefficient (Wildman–Crippen LogP) is 2.17. The number of hydrogen-bond acceptors (Lipinski definition) is 4. The van der Waals surface area contributed by atoms with Crippen molar-refractivity contribution in [3.05, 3.63) is 0 Å². The van der Waals surface area contributed by atoms with Crippen LogP contribution in [-0.4, -0.2) is 40.0 Å². The minimum atomic E-state index is -1.07. The first-order valence-electron chi connectivity index (χ1n) is 5.47. The molecule has 0 aliphatic rings. The molecule has 0 N–H and O–H groups in total. The molecule has 4 nitrogen and oxygen atoms in total. The van der Waals surface area contributed by atoms with Crippen molar-refractivity contribution in [3.63, 3.8) is 0 Å². The maximum absolute atomic E-state index is 5.64. The van der Waals surface area contributed by atoms with Crippen molar-refractivity contribution < 1.29 is 18.9 Å². The van der Waals surface area contributed by atoms with Crippen molar-refractivity contribution >= 4 is 0 Å². The standard InChI is InChI=1S/C11H24O4/c1-6-8-9-15-11(13-4,14-5)10(7-2)12-3/h10H,6-9H2,1-5H3. The molecule has 4 heteroatoms. The average Bonchev–Trinajstić information content (AvgIpc) is 2.28. The first-order valence-corrected chi connectivity index (χ1v) is 5.47. The fraction of sp³-hybridized carbons (Fsp3) is 1.00. The molecule has 1 unspecified atom stereocenters. The summed E-state index contributed by atoms with van der Waals surface area (Å²) in [6.45, 7) is 4.72. The second-order valence-corrected chi connectivity index (χ2v) is 3.35. The molecule has 1 atom stereocenters. The SMILES string of the molecule is CCCCOC(OC)(OC)C(CC)OC. The molecular formula is C11H24O4. The van der Waals surface area contributed by atoms with E-state index in [-0.39, 0.29) is 6.10 Å². The zero-order valence-electron chi connectivity index (χ0n) is 10.5. The summed E-state index contributed by atoms with van der Waals surface area (Å²) in [5.41, 5.74) is 0. The minimum absolute atomic E-state index is 0.218. The number of rotatable bonds is 9. The third-order valence-corrected chi connectivity index (χ3v) is 2.42. The Hall–Kier alpha value is -0.160. The predicted molar refractivity (Wildman–Crippen MR) is 58.7 cm³/mol. The summed E-state index contributed by atoms with van der Waals surface area (Å²) in [7, 11) is 4.76. The van der Waals surface area contributed by atoms with E-state index in [4.69, 9.17) is 18.9 Å². The Morgan fingerprint density at radius 1 is 1.07 bits per heavy atom. The van der Waals surface area contributed by atoms with Gasteiger partial charge in [0.2, 0.25) is 0 Å². The van der Waals surface area contributed by atoms with Gasteiger partial charge in [-0.05, 0) is 12.8 Å². The Kier molecular flexibility index (Phi) is 7.96. The van der Waals surface area contributed by atoms with E-state index in [0.717, 1.165) is 19.3 Å². The Bertz CT molecular complexity index is 142. The van der Waals surface area contributed by atoms with Crippen LogP contribution in [0.4, 0.5) is 0 Å². The highest BCUT2D eigenvalue weighted by Gasteiger charge is 2.40. The summed E-state index contributed by atoms with van der Waals surface area (Å²) >= 11 is 0. The minimum Gasteiger partial charge on any atom is -0.373 e. The van der Waals surface area contributed by atoms with E-state index in [0.29, 0.717) is 6.61 Å². The van der Waals surface area contributed by atoms with Gasteiger partial charge in [-0.15, -0.1) is 0 Å². The molecule has 15 heavy (non-hydrogen) atoms. The zero-order chi connectivity index (χ0) is 11.7. The molecule has 0 rings (SSSR count). The number of methoxy groups -OCH3 is 3. The molecule has 0 radical (unpaired) electrons. The van der Waals surface area contributed by atoms with Gasteiger partial charge in [-0.1, -0.05) is 20.3 Å². The van der Waals surface area contributed by atoms with Gasteiger partial charge >= 0.3 is 5.97 Å². The normalized spacial score (nSPS) is 14.2. The summed E-state index contributed by atoms with van der Waals surface area (Å²) in [5, 5.41) is 0. The second kappa shape index (κ2) is 8.05. The molecule has 0 fully saturated rings. The zero-order valence-corrected chi connectivity index (χ0v) is 10.5. The Morgan fingerprint density at radius 2 is 1.67 bits per heavy atom. The lowest BCUT2D eigenvalue weighted by molar-refractivity contribution is -0.400. The Labute approximate surface area is 92.8 Å². The molecule has 0 heterocycles. The molecule has 0 spiro atoms. The highest BCUT2D eigenvalue weighted by Crippen LogP contribution is 2.23. The molecule has 0 bridgehead atoms. The number of unbranched alkanes of at least 4 members (excludes halogenated alkanes) is 1. The topological polar surface area (TPSA) is 36.9 Å². The molecule has 0 saturated heterocycles. The van der Waals surface area contributed by atoms with Crippen LogP contribution < -0.4 is 0 Å². The first kappa shape index (κ1) is 14.8. The summed E-state index contributed by atoms with van der Waals surface area (Å²) < 4.78 is 21.6. The number of ether oxygens (including phenoxy) is 4. The molecule has 92 valence electrons. The smallest absolute Gasteiger partial charge is 0.310 e. The third-order valence-electron chi connectivity index (χ3n) is 2.42. The Morgan fingerprint density at radius 3 is 2.00 bits per heavy atom. The van der Waals surface area contributed by atoms with Gasteiger partial charge in [0.15, 0.2) is 0 Å². The van der Waals surface area contributed by atoms with Gasteiger partial charge in [0.1, 0.15) is 6.10 Å².